The third kappa shape index (κ3) is 3.74. The number of rotatable bonds is 5. The van der Waals surface area contributed by atoms with Crippen molar-refractivity contribution in [1.29, 1.82) is 0 Å². The van der Waals surface area contributed by atoms with E-state index in [9.17, 15) is 9.59 Å². The fourth-order valence-corrected chi connectivity index (χ4v) is 4.08. The lowest BCUT2D eigenvalue weighted by Crippen LogP contribution is -2.33. The van der Waals surface area contributed by atoms with Gasteiger partial charge in [-0.05, 0) is 54.0 Å². The number of esters is 1. The molecule has 0 amide bonds. The van der Waals surface area contributed by atoms with E-state index in [0.717, 1.165) is 22.4 Å². The van der Waals surface area contributed by atoms with Crippen molar-refractivity contribution in [1.82, 2.24) is 0 Å². The molecule has 0 fully saturated rings. The van der Waals surface area contributed by atoms with Crippen LogP contribution in [0.1, 0.15) is 42.2 Å². The van der Waals surface area contributed by atoms with Crippen molar-refractivity contribution in [2.24, 2.45) is 5.92 Å². The third-order valence-corrected chi connectivity index (χ3v) is 5.60. The summed E-state index contributed by atoms with van der Waals surface area (Å²) in [7, 11) is 0. The van der Waals surface area contributed by atoms with Crippen LogP contribution >= 0.6 is 11.3 Å². The zero-order valence-corrected chi connectivity index (χ0v) is 15.3. The van der Waals surface area contributed by atoms with E-state index in [1.165, 1.54) is 5.56 Å². The van der Waals surface area contributed by atoms with Gasteiger partial charge >= 0.3 is 5.97 Å². The van der Waals surface area contributed by atoms with Crippen molar-refractivity contribution in [3.8, 4) is 0 Å². The van der Waals surface area contributed by atoms with Gasteiger partial charge in [0.25, 0.3) is 0 Å². The highest BCUT2D eigenvalue weighted by Gasteiger charge is 2.39. The van der Waals surface area contributed by atoms with Crippen LogP contribution in [0, 0.1) is 5.92 Å². The van der Waals surface area contributed by atoms with Gasteiger partial charge in [0.15, 0.2) is 5.78 Å². The van der Waals surface area contributed by atoms with E-state index in [4.69, 9.17) is 4.74 Å². The maximum absolute atomic E-state index is 12.8. The van der Waals surface area contributed by atoms with Gasteiger partial charge in [0, 0.05) is 10.8 Å². The van der Waals surface area contributed by atoms with Crippen molar-refractivity contribution in [2.75, 3.05) is 6.61 Å². The molecule has 1 aromatic carbocycles. The summed E-state index contributed by atoms with van der Waals surface area (Å²) in [5.74, 6) is -1.51. The molecule has 0 N–H and O–H groups in total. The number of hydrogen-bond donors (Lipinski definition) is 0. The molecule has 2 unspecified atom stereocenters. The Bertz CT molecular complexity index is 772. The van der Waals surface area contributed by atoms with Crippen LogP contribution in [0.5, 0.6) is 0 Å². The Balaban J connectivity index is 1.98. The van der Waals surface area contributed by atoms with E-state index in [2.05, 4.69) is 19.1 Å². The van der Waals surface area contributed by atoms with Crippen LogP contribution in [-0.2, 0) is 20.7 Å². The first-order chi connectivity index (χ1) is 12.1. The molecular weight excluding hydrogens is 332 g/mol. The van der Waals surface area contributed by atoms with Crippen molar-refractivity contribution >= 4 is 28.7 Å². The third-order valence-electron chi connectivity index (χ3n) is 4.66. The van der Waals surface area contributed by atoms with Gasteiger partial charge in [-0.25, -0.2) is 0 Å². The highest BCUT2D eigenvalue weighted by atomic mass is 32.1. The average Bonchev–Trinajstić information content (AvgIpc) is 3.16. The Kier molecular flexibility index (Phi) is 5.49. The van der Waals surface area contributed by atoms with Gasteiger partial charge in [0.05, 0.1) is 6.61 Å². The molecule has 25 heavy (non-hydrogen) atoms. The molecule has 3 nitrogen and oxygen atoms in total. The monoisotopic (exact) mass is 354 g/mol. The number of ether oxygens (including phenoxy) is 1. The summed E-state index contributed by atoms with van der Waals surface area (Å²) in [6.07, 6.45) is 3.26. The first-order valence-corrected chi connectivity index (χ1v) is 9.55. The number of allylic oxidation sites excluding steroid dienone is 2. The quantitative estimate of drug-likeness (QED) is 0.581. The Hall–Kier alpha value is -2.20. The van der Waals surface area contributed by atoms with Crippen molar-refractivity contribution in [3.63, 3.8) is 0 Å². The Morgan fingerprint density at radius 1 is 1.20 bits per heavy atom. The van der Waals surface area contributed by atoms with Gasteiger partial charge in [-0.15, -0.1) is 11.3 Å². The lowest BCUT2D eigenvalue weighted by molar-refractivity contribution is -0.151. The van der Waals surface area contributed by atoms with Crippen LogP contribution < -0.4 is 0 Å². The molecular formula is C21H22O3S. The number of hydrogen-bond acceptors (Lipinski definition) is 4. The molecule has 1 aromatic heterocycles. The molecule has 2 aromatic rings. The lowest BCUT2D eigenvalue weighted by atomic mass is 9.74. The van der Waals surface area contributed by atoms with Crippen LogP contribution in [0.25, 0.3) is 5.57 Å². The summed E-state index contributed by atoms with van der Waals surface area (Å²) in [6.45, 7) is 4.16. The molecule has 3 rings (SSSR count). The van der Waals surface area contributed by atoms with Crippen LogP contribution in [0.2, 0.25) is 0 Å². The topological polar surface area (TPSA) is 43.4 Å². The molecule has 1 aliphatic carbocycles. The molecule has 1 aliphatic rings. The largest absolute Gasteiger partial charge is 0.465 e. The minimum atomic E-state index is -0.754. The number of ketones is 1. The molecule has 130 valence electrons. The molecule has 0 saturated carbocycles. The van der Waals surface area contributed by atoms with E-state index in [1.54, 1.807) is 24.3 Å². The fourth-order valence-electron chi connectivity index (χ4n) is 3.33. The highest BCUT2D eigenvalue weighted by molar-refractivity contribution is 7.11. The summed E-state index contributed by atoms with van der Waals surface area (Å²) < 4.78 is 5.19. The zero-order valence-electron chi connectivity index (χ0n) is 14.5. The van der Waals surface area contributed by atoms with E-state index in [0.29, 0.717) is 6.42 Å². The second kappa shape index (κ2) is 7.79. The molecule has 4 heteroatoms. The molecule has 0 spiro atoms. The standard InChI is InChI=1S/C21H22O3S/c1-3-14-7-9-15(10-8-14)17-12-16(19-6-5-11-25-19)13-18(22)20(17)21(23)24-4-2/h5-11,13,17,20H,3-4,12H2,1-2H3. The van der Waals surface area contributed by atoms with Crippen molar-refractivity contribution in [2.45, 2.75) is 32.6 Å². The number of benzene rings is 1. The molecule has 0 aliphatic heterocycles. The fraction of sp³-hybridized carbons (Fsp3) is 0.333. The van der Waals surface area contributed by atoms with Crippen LogP contribution in [0.3, 0.4) is 0 Å². The molecule has 0 bridgehead atoms. The number of aryl methyl sites for hydroxylation is 1. The van der Waals surface area contributed by atoms with Crippen molar-refractivity contribution < 1.29 is 14.3 Å². The van der Waals surface area contributed by atoms with Gasteiger partial charge in [0.1, 0.15) is 5.92 Å². The summed E-state index contributed by atoms with van der Waals surface area (Å²) >= 11 is 1.62. The normalized spacial score (nSPS) is 20.2. The van der Waals surface area contributed by atoms with Gasteiger partial charge in [-0.1, -0.05) is 37.3 Å². The number of thiophene rings is 1. The zero-order chi connectivity index (χ0) is 17.8. The average molecular weight is 354 g/mol. The first kappa shape index (κ1) is 17.6. The molecule has 2 atom stereocenters. The number of carbonyl (C=O) groups excluding carboxylic acids is 2. The predicted molar refractivity (Wildman–Crippen MR) is 101 cm³/mol. The maximum Gasteiger partial charge on any atom is 0.317 e. The van der Waals surface area contributed by atoms with Gasteiger partial charge in [0.2, 0.25) is 0 Å². The molecule has 0 radical (unpaired) electrons. The maximum atomic E-state index is 12.8. The Labute approximate surface area is 152 Å². The van der Waals surface area contributed by atoms with E-state index in [-0.39, 0.29) is 18.3 Å². The van der Waals surface area contributed by atoms with E-state index < -0.39 is 11.9 Å². The summed E-state index contributed by atoms with van der Waals surface area (Å²) in [6, 6.07) is 12.2. The van der Waals surface area contributed by atoms with Gasteiger partial charge < -0.3 is 4.74 Å². The van der Waals surface area contributed by atoms with E-state index in [1.807, 2.05) is 29.6 Å². The summed E-state index contributed by atoms with van der Waals surface area (Å²) in [5.41, 5.74) is 3.27. The summed E-state index contributed by atoms with van der Waals surface area (Å²) in [5, 5.41) is 2.00. The first-order valence-electron chi connectivity index (χ1n) is 8.67. The molecule has 1 heterocycles. The minimum absolute atomic E-state index is 0.155. The van der Waals surface area contributed by atoms with Crippen LogP contribution in [0.15, 0.2) is 47.9 Å². The van der Waals surface area contributed by atoms with Crippen LogP contribution in [0.4, 0.5) is 0 Å². The second-order valence-corrected chi connectivity index (χ2v) is 7.13. The molecule has 0 saturated heterocycles. The lowest BCUT2D eigenvalue weighted by Gasteiger charge is -2.29. The highest BCUT2D eigenvalue weighted by Crippen LogP contribution is 2.41. The Morgan fingerprint density at radius 3 is 2.56 bits per heavy atom. The predicted octanol–water partition coefficient (Wildman–Crippen LogP) is 4.63. The number of carbonyl (C=O) groups is 2. The van der Waals surface area contributed by atoms with E-state index >= 15 is 0 Å². The smallest absolute Gasteiger partial charge is 0.317 e. The Morgan fingerprint density at radius 2 is 1.96 bits per heavy atom. The van der Waals surface area contributed by atoms with Gasteiger partial charge in [-0.2, -0.15) is 0 Å². The second-order valence-electron chi connectivity index (χ2n) is 6.18. The van der Waals surface area contributed by atoms with Gasteiger partial charge in [-0.3, -0.25) is 9.59 Å². The minimum Gasteiger partial charge on any atom is -0.465 e. The van der Waals surface area contributed by atoms with Crippen LogP contribution in [-0.4, -0.2) is 18.4 Å². The summed E-state index contributed by atoms with van der Waals surface area (Å²) in [4.78, 5) is 26.3. The SMILES string of the molecule is CCOC(=O)C1C(=O)C=C(c2cccs2)CC1c1ccc(CC)cc1. The van der Waals surface area contributed by atoms with Crippen molar-refractivity contribution in [3.05, 3.63) is 63.9 Å².